The Balaban J connectivity index is 2.02. The van der Waals surface area contributed by atoms with Crippen molar-refractivity contribution in [2.45, 2.75) is 33.1 Å². The van der Waals surface area contributed by atoms with E-state index in [9.17, 15) is 9.59 Å². The van der Waals surface area contributed by atoms with E-state index < -0.39 is 0 Å². The van der Waals surface area contributed by atoms with Crippen LogP contribution in [-0.4, -0.2) is 24.9 Å². The molecule has 1 N–H and O–H groups in total. The third-order valence-corrected chi connectivity index (χ3v) is 4.49. The van der Waals surface area contributed by atoms with Gasteiger partial charge in [0.25, 0.3) is 5.91 Å². The summed E-state index contributed by atoms with van der Waals surface area (Å²) in [6, 6.07) is 14.8. The van der Waals surface area contributed by atoms with E-state index in [1.165, 1.54) is 12.5 Å². The number of halogens is 1. The van der Waals surface area contributed by atoms with Crippen LogP contribution in [0.1, 0.15) is 43.6 Å². The van der Waals surface area contributed by atoms with Gasteiger partial charge in [-0.05, 0) is 35.2 Å². The van der Waals surface area contributed by atoms with Gasteiger partial charge in [-0.15, -0.1) is 0 Å². The first-order chi connectivity index (χ1) is 12.2. The normalized spacial score (nSPS) is 11.1. The highest BCUT2D eigenvalue weighted by atomic mass is 35.5. The lowest BCUT2D eigenvalue weighted by Crippen LogP contribution is -2.37. The highest BCUT2D eigenvalue weighted by molar-refractivity contribution is 6.33. The van der Waals surface area contributed by atoms with Crippen molar-refractivity contribution in [3.8, 4) is 0 Å². The fraction of sp³-hybridized carbons (Fsp3) is 0.333. The Morgan fingerprint density at radius 2 is 1.65 bits per heavy atom. The molecular weight excluding hydrogens is 348 g/mol. The van der Waals surface area contributed by atoms with Crippen molar-refractivity contribution in [2.24, 2.45) is 0 Å². The lowest BCUT2D eigenvalue weighted by molar-refractivity contribution is -0.116. The summed E-state index contributed by atoms with van der Waals surface area (Å²) < 4.78 is 0. The van der Waals surface area contributed by atoms with E-state index in [0.29, 0.717) is 23.7 Å². The molecule has 26 heavy (non-hydrogen) atoms. The molecule has 5 heteroatoms. The van der Waals surface area contributed by atoms with E-state index in [0.717, 1.165) is 5.69 Å². The second kappa shape index (κ2) is 8.37. The number of amides is 2. The van der Waals surface area contributed by atoms with Crippen molar-refractivity contribution in [1.29, 1.82) is 0 Å². The van der Waals surface area contributed by atoms with E-state index in [2.05, 4.69) is 26.1 Å². The van der Waals surface area contributed by atoms with Crippen LogP contribution in [0, 0.1) is 0 Å². The van der Waals surface area contributed by atoms with Gasteiger partial charge in [0.15, 0.2) is 0 Å². The van der Waals surface area contributed by atoms with Gasteiger partial charge in [-0.2, -0.15) is 0 Å². The Morgan fingerprint density at radius 3 is 2.19 bits per heavy atom. The van der Waals surface area contributed by atoms with Crippen molar-refractivity contribution in [3.05, 3.63) is 64.7 Å². The second-order valence-corrected chi connectivity index (χ2v) is 7.61. The Morgan fingerprint density at radius 1 is 1.04 bits per heavy atom. The zero-order valence-corrected chi connectivity index (χ0v) is 16.4. The van der Waals surface area contributed by atoms with Crippen LogP contribution in [0.5, 0.6) is 0 Å². The van der Waals surface area contributed by atoms with Gasteiger partial charge in [-0.1, -0.05) is 56.6 Å². The third-order valence-electron chi connectivity index (χ3n) is 4.16. The lowest BCUT2D eigenvalue weighted by Gasteiger charge is -2.24. The molecule has 0 heterocycles. The van der Waals surface area contributed by atoms with Crippen LogP contribution in [0.25, 0.3) is 0 Å². The number of nitrogens with zero attached hydrogens (tertiary/aromatic N) is 1. The fourth-order valence-corrected chi connectivity index (χ4v) is 2.85. The van der Waals surface area contributed by atoms with Gasteiger partial charge in [0.05, 0.1) is 10.6 Å². The van der Waals surface area contributed by atoms with Crippen molar-refractivity contribution < 1.29 is 9.59 Å². The molecular formula is C21H25ClN2O2. The minimum atomic E-state index is -0.248. The summed E-state index contributed by atoms with van der Waals surface area (Å²) in [5, 5.41) is 3.22. The Hall–Kier alpha value is -2.33. The lowest BCUT2D eigenvalue weighted by atomic mass is 9.87. The smallest absolute Gasteiger partial charge is 0.252 e. The third kappa shape index (κ3) is 5.09. The topological polar surface area (TPSA) is 49.4 Å². The van der Waals surface area contributed by atoms with Gasteiger partial charge in [0.1, 0.15) is 0 Å². The number of anilines is 1. The van der Waals surface area contributed by atoms with E-state index in [4.69, 9.17) is 11.6 Å². The first-order valence-electron chi connectivity index (χ1n) is 8.61. The van der Waals surface area contributed by atoms with Crippen LogP contribution in [0.15, 0.2) is 48.5 Å². The summed E-state index contributed by atoms with van der Waals surface area (Å²) in [4.78, 5) is 25.9. The van der Waals surface area contributed by atoms with Gasteiger partial charge in [-0.25, -0.2) is 0 Å². The van der Waals surface area contributed by atoms with Crippen molar-refractivity contribution in [3.63, 3.8) is 0 Å². The fourth-order valence-electron chi connectivity index (χ4n) is 2.63. The number of carbonyl (C=O) groups is 2. The molecule has 4 nitrogen and oxygen atoms in total. The monoisotopic (exact) mass is 372 g/mol. The maximum Gasteiger partial charge on any atom is 0.252 e. The average molecular weight is 373 g/mol. The maximum atomic E-state index is 12.2. The molecule has 0 aliphatic rings. The molecule has 2 amide bonds. The molecule has 2 aromatic rings. The van der Waals surface area contributed by atoms with Crippen LogP contribution in [-0.2, 0) is 10.2 Å². The van der Waals surface area contributed by atoms with Crippen LogP contribution >= 0.6 is 11.6 Å². The number of hydrogen-bond acceptors (Lipinski definition) is 2. The first-order valence-corrected chi connectivity index (χ1v) is 8.99. The number of carbonyl (C=O) groups excluding carboxylic acids is 2. The molecule has 0 atom stereocenters. The summed E-state index contributed by atoms with van der Waals surface area (Å²) in [5.74, 6) is -0.317. The van der Waals surface area contributed by atoms with E-state index in [1.54, 1.807) is 29.2 Å². The molecule has 0 aromatic heterocycles. The van der Waals surface area contributed by atoms with Gasteiger partial charge in [0, 0.05) is 25.7 Å². The second-order valence-electron chi connectivity index (χ2n) is 7.20. The van der Waals surface area contributed by atoms with E-state index >= 15 is 0 Å². The van der Waals surface area contributed by atoms with Gasteiger partial charge in [-0.3, -0.25) is 9.59 Å². The zero-order valence-electron chi connectivity index (χ0n) is 15.7. The predicted octanol–water partition coefficient (Wildman–Crippen LogP) is 4.42. The Labute approximate surface area is 160 Å². The van der Waals surface area contributed by atoms with Crippen molar-refractivity contribution in [1.82, 2.24) is 5.32 Å². The molecule has 138 valence electrons. The van der Waals surface area contributed by atoms with E-state index in [1.807, 2.05) is 24.3 Å². The molecule has 0 spiro atoms. The Kier molecular flexibility index (Phi) is 6.43. The number of rotatable bonds is 5. The van der Waals surface area contributed by atoms with E-state index in [-0.39, 0.29) is 17.2 Å². The molecule has 0 saturated heterocycles. The molecule has 0 saturated carbocycles. The molecule has 0 unspecified atom stereocenters. The van der Waals surface area contributed by atoms with Crippen LogP contribution in [0.4, 0.5) is 5.69 Å². The summed E-state index contributed by atoms with van der Waals surface area (Å²) in [6.07, 6.45) is 0. The molecule has 2 aromatic carbocycles. The van der Waals surface area contributed by atoms with Crippen LogP contribution < -0.4 is 10.2 Å². The molecule has 0 aliphatic heterocycles. The minimum absolute atomic E-state index is 0.0580. The molecule has 0 fully saturated rings. The standard InChI is InChI=1S/C21H25ClN2O2/c1-15(25)24(17-11-9-16(10-12-17)21(2,3)4)14-13-23-20(26)18-7-5-6-8-19(18)22/h5-12H,13-14H2,1-4H3,(H,23,26). The quantitative estimate of drug-likeness (QED) is 0.844. The largest absolute Gasteiger partial charge is 0.350 e. The number of nitrogens with one attached hydrogen (secondary N) is 1. The maximum absolute atomic E-state index is 12.2. The summed E-state index contributed by atoms with van der Waals surface area (Å²) >= 11 is 6.03. The van der Waals surface area contributed by atoms with Crippen molar-refractivity contribution >= 4 is 29.1 Å². The molecule has 0 aliphatic carbocycles. The minimum Gasteiger partial charge on any atom is -0.350 e. The zero-order chi connectivity index (χ0) is 19.3. The SMILES string of the molecule is CC(=O)N(CCNC(=O)c1ccccc1Cl)c1ccc(C(C)(C)C)cc1. The highest BCUT2D eigenvalue weighted by Crippen LogP contribution is 2.25. The number of hydrogen-bond donors (Lipinski definition) is 1. The predicted molar refractivity (Wildman–Crippen MR) is 107 cm³/mol. The summed E-state index contributed by atoms with van der Waals surface area (Å²) in [6.45, 7) is 8.69. The summed E-state index contributed by atoms with van der Waals surface area (Å²) in [5.41, 5.74) is 2.51. The first kappa shape index (κ1) is 20.0. The van der Waals surface area contributed by atoms with Crippen molar-refractivity contribution in [2.75, 3.05) is 18.0 Å². The van der Waals surface area contributed by atoms with Gasteiger partial charge < -0.3 is 10.2 Å². The Bertz CT molecular complexity index is 779. The highest BCUT2D eigenvalue weighted by Gasteiger charge is 2.16. The van der Waals surface area contributed by atoms with Crippen LogP contribution in [0.3, 0.4) is 0 Å². The van der Waals surface area contributed by atoms with Crippen LogP contribution in [0.2, 0.25) is 5.02 Å². The molecule has 2 rings (SSSR count). The summed E-state index contributed by atoms with van der Waals surface area (Å²) in [7, 11) is 0. The van der Waals surface area contributed by atoms with Gasteiger partial charge >= 0.3 is 0 Å². The average Bonchev–Trinajstić information content (AvgIpc) is 2.58. The molecule has 0 bridgehead atoms. The van der Waals surface area contributed by atoms with Gasteiger partial charge in [0.2, 0.25) is 5.91 Å². The molecule has 0 radical (unpaired) electrons. The number of benzene rings is 2.